The molecule has 0 aliphatic heterocycles. The van der Waals surface area contributed by atoms with Gasteiger partial charge in [0, 0.05) is 11.5 Å². The minimum atomic E-state index is -1.04. The zero-order valence-corrected chi connectivity index (χ0v) is 10.4. The third-order valence-electron chi connectivity index (χ3n) is 2.78. The molecule has 0 fully saturated rings. The first-order chi connectivity index (χ1) is 9.15. The molecule has 2 aromatic heterocycles. The molecule has 0 spiro atoms. The van der Waals surface area contributed by atoms with Crippen molar-refractivity contribution < 1.29 is 14.3 Å². The Morgan fingerprint density at radius 3 is 2.79 bits per heavy atom. The lowest BCUT2D eigenvalue weighted by molar-refractivity contribution is 0.0699. The van der Waals surface area contributed by atoms with Crippen molar-refractivity contribution in [1.82, 2.24) is 4.98 Å². The molecule has 94 valence electrons. The number of rotatable bonds is 2. The van der Waals surface area contributed by atoms with Crippen molar-refractivity contribution >= 4 is 28.2 Å². The molecule has 3 rings (SSSR count). The lowest BCUT2D eigenvalue weighted by atomic mass is 10.1. The number of carboxylic acids is 1. The van der Waals surface area contributed by atoms with Crippen LogP contribution in [0.3, 0.4) is 0 Å². The van der Waals surface area contributed by atoms with E-state index in [1.807, 2.05) is 17.5 Å². The minimum Gasteiger partial charge on any atom is -0.478 e. The number of aromatic nitrogens is 1. The Kier molecular flexibility index (Phi) is 2.76. The van der Waals surface area contributed by atoms with E-state index in [4.69, 9.17) is 0 Å². The maximum atomic E-state index is 13.3. The summed E-state index contributed by atoms with van der Waals surface area (Å²) in [7, 11) is 0. The van der Waals surface area contributed by atoms with E-state index < -0.39 is 11.8 Å². The van der Waals surface area contributed by atoms with E-state index >= 15 is 0 Å². The highest BCUT2D eigenvalue weighted by atomic mass is 32.1. The van der Waals surface area contributed by atoms with Crippen molar-refractivity contribution in [3.05, 3.63) is 53.2 Å². The van der Waals surface area contributed by atoms with Crippen molar-refractivity contribution in [3.8, 4) is 10.6 Å². The van der Waals surface area contributed by atoms with E-state index in [0.717, 1.165) is 4.88 Å². The molecule has 1 aromatic carbocycles. The molecular weight excluding hydrogens is 265 g/mol. The largest absolute Gasteiger partial charge is 0.478 e. The van der Waals surface area contributed by atoms with Gasteiger partial charge < -0.3 is 5.11 Å². The molecular formula is C14H8FNO2S. The van der Waals surface area contributed by atoms with Crippen molar-refractivity contribution in [2.45, 2.75) is 0 Å². The highest BCUT2D eigenvalue weighted by Gasteiger charge is 2.13. The average Bonchev–Trinajstić information content (AvgIpc) is 2.90. The van der Waals surface area contributed by atoms with E-state index in [1.54, 1.807) is 0 Å². The number of carboxylic acid groups (broad SMARTS) is 1. The van der Waals surface area contributed by atoms with Gasteiger partial charge in [-0.15, -0.1) is 11.3 Å². The molecule has 0 saturated heterocycles. The van der Waals surface area contributed by atoms with Crippen LogP contribution in [0, 0.1) is 5.82 Å². The monoisotopic (exact) mass is 273 g/mol. The Labute approximate surface area is 112 Å². The van der Waals surface area contributed by atoms with Gasteiger partial charge in [-0.3, -0.25) is 0 Å². The molecule has 19 heavy (non-hydrogen) atoms. The summed E-state index contributed by atoms with van der Waals surface area (Å²) in [5.41, 5.74) is 1.03. The summed E-state index contributed by atoms with van der Waals surface area (Å²) in [6.07, 6.45) is 0. The Hall–Kier alpha value is -2.27. The van der Waals surface area contributed by atoms with Crippen LogP contribution in [-0.4, -0.2) is 16.1 Å². The Morgan fingerprint density at radius 2 is 2.11 bits per heavy atom. The molecule has 5 heteroatoms. The number of halogens is 1. The first kappa shape index (κ1) is 11.8. The zero-order chi connectivity index (χ0) is 13.4. The number of pyridine rings is 1. The SMILES string of the molecule is O=C(O)c1cc(-c2cccs2)nc2cc(F)ccc12. The fourth-order valence-corrected chi connectivity index (χ4v) is 2.62. The lowest BCUT2D eigenvalue weighted by Gasteiger charge is -2.05. The summed E-state index contributed by atoms with van der Waals surface area (Å²) in [5, 5.41) is 11.6. The molecule has 0 radical (unpaired) electrons. The molecule has 1 N–H and O–H groups in total. The smallest absolute Gasteiger partial charge is 0.336 e. The Balaban J connectivity index is 2.34. The predicted molar refractivity (Wildman–Crippen MR) is 72.0 cm³/mol. The van der Waals surface area contributed by atoms with Gasteiger partial charge in [0.2, 0.25) is 0 Å². The van der Waals surface area contributed by atoms with Gasteiger partial charge in [0.25, 0.3) is 0 Å². The number of hydrogen-bond donors (Lipinski definition) is 1. The zero-order valence-electron chi connectivity index (χ0n) is 9.63. The third kappa shape index (κ3) is 2.08. The topological polar surface area (TPSA) is 50.2 Å². The van der Waals surface area contributed by atoms with Gasteiger partial charge >= 0.3 is 5.97 Å². The average molecular weight is 273 g/mol. The number of benzene rings is 1. The standard InChI is InChI=1S/C14H8FNO2S/c15-8-3-4-9-10(14(17)18)7-12(16-11(9)6-8)13-2-1-5-19-13/h1-7H,(H,17,18). The summed E-state index contributed by atoms with van der Waals surface area (Å²) in [5.74, 6) is -1.48. The summed E-state index contributed by atoms with van der Waals surface area (Å²) >= 11 is 1.46. The number of thiophene rings is 1. The lowest BCUT2D eigenvalue weighted by Crippen LogP contribution is -2.00. The first-order valence-electron chi connectivity index (χ1n) is 5.52. The van der Waals surface area contributed by atoms with Crippen LogP contribution in [-0.2, 0) is 0 Å². The van der Waals surface area contributed by atoms with Crippen molar-refractivity contribution in [3.63, 3.8) is 0 Å². The van der Waals surface area contributed by atoms with Gasteiger partial charge in [0.1, 0.15) is 5.82 Å². The normalized spacial score (nSPS) is 10.8. The van der Waals surface area contributed by atoms with Gasteiger partial charge in [-0.2, -0.15) is 0 Å². The van der Waals surface area contributed by atoms with Crippen LogP contribution in [0.2, 0.25) is 0 Å². The van der Waals surface area contributed by atoms with Crippen LogP contribution in [0.15, 0.2) is 41.8 Å². The summed E-state index contributed by atoms with van der Waals surface area (Å²) < 4.78 is 13.3. The molecule has 0 saturated carbocycles. The fraction of sp³-hybridized carbons (Fsp3) is 0. The molecule has 3 nitrogen and oxygen atoms in total. The van der Waals surface area contributed by atoms with Crippen LogP contribution in [0.5, 0.6) is 0 Å². The molecule has 0 aliphatic carbocycles. The number of aromatic carboxylic acids is 1. The summed E-state index contributed by atoms with van der Waals surface area (Å²) in [4.78, 5) is 16.5. The molecule has 3 aromatic rings. The van der Waals surface area contributed by atoms with Crippen LogP contribution in [0.4, 0.5) is 4.39 Å². The van der Waals surface area contributed by atoms with Crippen molar-refractivity contribution in [1.29, 1.82) is 0 Å². The molecule has 0 bridgehead atoms. The molecule has 0 unspecified atom stereocenters. The van der Waals surface area contributed by atoms with Crippen molar-refractivity contribution in [2.24, 2.45) is 0 Å². The van der Waals surface area contributed by atoms with Gasteiger partial charge in [0.05, 0.1) is 21.7 Å². The Morgan fingerprint density at radius 1 is 1.26 bits per heavy atom. The highest BCUT2D eigenvalue weighted by molar-refractivity contribution is 7.13. The van der Waals surface area contributed by atoms with Gasteiger partial charge in [0.15, 0.2) is 0 Å². The van der Waals surface area contributed by atoms with Crippen LogP contribution < -0.4 is 0 Å². The van der Waals surface area contributed by atoms with Crippen LogP contribution >= 0.6 is 11.3 Å². The predicted octanol–water partition coefficient (Wildman–Crippen LogP) is 3.80. The number of hydrogen-bond acceptors (Lipinski definition) is 3. The maximum absolute atomic E-state index is 13.3. The second-order valence-electron chi connectivity index (χ2n) is 4.00. The third-order valence-corrected chi connectivity index (χ3v) is 3.67. The van der Waals surface area contributed by atoms with E-state index in [2.05, 4.69) is 4.98 Å². The molecule has 2 heterocycles. The number of fused-ring (bicyclic) bond motifs is 1. The van der Waals surface area contributed by atoms with Crippen LogP contribution in [0.1, 0.15) is 10.4 Å². The van der Waals surface area contributed by atoms with E-state index in [1.165, 1.54) is 35.6 Å². The second kappa shape index (κ2) is 4.44. The molecule has 0 amide bonds. The highest BCUT2D eigenvalue weighted by Crippen LogP contribution is 2.28. The van der Waals surface area contributed by atoms with E-state index in [9.17, 15) is 14.3 Å². The van der Waals surface area contributed by atoms with Crippen LogP contribution in [0.25, 0.3) is 21.5 Å². The summed E-state index contributed by atoms with van der Waals surface area (Å²) in [6.45, 7) is 0. The Bertz CT molecular complexity index is 768. The molecule has 0 atom stereocenters. The van der Waals surface area contributed by atoms with Gasteiger partial charge in [-0.05, 0) is 29.6 Å². The molecule has 0 aliphatic rings. The minimum absolute atomic E-state index is 0.133. The van der Waals surface area contributed by atoms with E-state index in [-0.39, 0.29) is 5.56 Å². The van der Waals surface area contributed by atoms with Gasteiger partial charge in [-0.25, -0.2) is 14.2 Å². The van der Waals surface area contributed by atoms with Crippen molar-refractivity contribution in [2.75, 3.05) is 0 Å². The quantitative estimate of drug-likeness (QED) is 0.772. The maximum Gasteiger partial charge on any atom is 0.336 e. The first-order valence-corrected chi connectivity index (χ1v) is 6.40. The fourth-order valence-electron chi connectivity index (χ4n) is 1.93. The van der Waals surface area contributed by atoms with E-state index in [0.29, 0.717) is 16.6 Å². The summed E-state index contributed by atoms with van der Waals surface area (Å²) in [6, 6.07) is 9.16. The second-order valence-corrected chi connectivity index (χ2v) is 4.95. The number of carbonyl (C=O) groups is 1. The number of nitrogens with zero attached hydrogens (tertiary/aromatic N) is 1. The van der Waals surface area contributed by atoms with Gasteiger partial charge in [-0.1, -0.05) is 6.07 Å².